The Morgan fingerprint density at radius 1 is 1.19 bits per heavy atom. The SMILES string of the molecule is CC(Oc1cccc(Br)c1)C(=O)NNC(=O)Cc1noc2ccccc12. The van der Waals surface area contributed by atoms with Crippen molar-refractivity contribution in [3.63, 3.8) is 0 Å². The number of rotatable bonds is 5. The summed E-state index contributed by atoms with van der Waals surface area (Å²) in [6.45, 7) is 1.59. The van der Waals surface area contributed by atoms with E-state index in [0.29, 0.717) is 17.0 Å². The molecule has 0 aliphatic carbocycles. The number of aromatic nitrogens is 1. The molecule has 3 rings (SSSR count). The maximum absolute atomic E-state index is 12.1. The van der Waals surface area contributed by atoms with Crippen LogP contribution in [0.25, 0.3) is 11.0 Å². The minimum Gasteiger partial charge on any atom is -0.481 e. The molecule has 2 N–H and O–H groups in total. The Hall–Kier alpha value is -2.87. The second kappa shape index (κ2) is 8.01. The van der Waals surface area contributed by atoms with E-state index in [0.717, 1.165) is 9.86 Å². The topological polar surface area (TPSA) is 93.5 Å². The molecule has 0 spiro atoms. The Morgan fingerprint density at radius 2 is 2.00 bits per heavy atom. The maximum atomic E-state index is 12.1. The number of ether oxygens (including phenoxy) is 1. The molecule has 1 heterocycles. The van der Waals surface area contributed by atoms with Crippen LogP contribution in [0.3, 0.4) is 0 Å². The van der Waals surface area contributed by atoms with Gasteiger partial charge in [-0.15, -0.1) is 0 Å². The van der Waals surface area contributed by atoms with Gasteiger partial charge >= 0.3 is 0 Å². The molecule has 1 aromatic heterocycles. The molecule has 0 radical (unpaired) electrons. The molecule has 26 heavy (non-hydrogen) atoms. The van der Waals surface area contributed by atoms with Gasteiger partial charge < -0.3 is 9.26 Å². The third kappa shape index (κ3) is 4.40. The Labute approximate surface area is 157 Å². The number of benzene rings is 2. The van der Waals surface area contributed by atoms with E-state index in [2.05, 4.69) is 31.9 Å². The number of carbonyl (C=O) groups is 2. The molecule has 7 nitrogen and oxygen atoms in total. The van der Waals surface area contributed by atoms with Gasteiger partial charge in [0.15, 0.2) is 11.7 Å². The standard InChI is InChI=1S/C18H16BrN3O4/c1-11(25-13-6-4-5-12(19)9-13)18(24)21-20-17(23)10-15-14-7-2-3-8-16(14)26-22-15/h2-9,11H,10H2,1H3,(H,20,23)(H,21,24). The smallest absolute Gasteiger partial charge is 0.279 e. The number of hydrogen-bond donors (Lipinski definition) is 2. The summed E-state index contributed by atoms with van der Waals surface area (Å²) in [7, 11) is 0. The van der Waals surface area contributed by atoms with E-state index in [1.807, 2.05) is 24.3 Å². The van der Waals surface area contributed by atoms with Gasteiger partial charge in [0.25, 0.3) is 5.91 Å². The van der Waals surface area contributed by atoms with E-state index in [4.69, 9.17) is 9.26 Å². The van der Waals surface area contributed by atoms with Gasteiger partial charge in [-0.05, 0) is 37.3 Å². The van der Waals surface area contributed by atoms with Crippen LogP contribution in [-0.4, -0.2) is 23.1 Å². The first-order valence-electron chi connectivity index (χ1n) is 7.87. The molecule has 1 atom stereocenters. The van der Waals surface area contributed by atoms with Crippen molar-refractivity contribution in [1.29, 1.82) is 0 Å². The number of halogens is 1. The van der Waals surface area contributed by atoms with E-state index in [1.165, 1.54) is 0 Å². The molecule has 8 heteroatoms. The van der Waals surface area contributed by atoms with Gasteiger partial charge in [0, 0.05) is 9.86 Å². The fraction of sp³-hybridized carbons (Fsp3) is 0.167. The van der Waals surface area contributed by atoms with Crippen LogP contribution in [0.4, 0.5) is 0 Å². The van der Waals surface area contributed by atoms with Gasteiger partial charge in [-0.25, -0.2) is 0 Å². The lowest BCUT2D eigenvalue weighted by molar-refractivity contribution is -0.132. The van der Waals surface area contributed by atoms with Crippen molar-refractivity contribution in [3.8, 4) is 5.75 Å². The number of hydrazine groups is 1. The minimum absolute atomic E-state index is 0.0157. The lowest BCUT2D eigenvalue weighted by Gasteiger charge is -2.15. The van der Waals surface area contributed by atoms with Gasteiger partial charge in [0.05, 0.1) is 6.42 Å². The third-order valence-corrected chi connectivity index (χ3v) is 4.08. The van der Waals surface area contributed by atoms with Gasteiger partial charge in [0.1, 0.15) is 11.4 Å². The van der Waals surface area contributed by atoms with Crippen LogP contribution < -0.4 is 15.6 Å². The fourth-order valence-corrected chi connectivity index (χ4v) is 2.67. The zero-order chi connectivity index (χ0) is 18.5. The maximum Gasteiger partial charge on any atom is 0.279 e. The molecule has 0 fully saturated rings. The number of para-hydroxylation sites is 1. The molecule has 0 saturated heterocycles. The molecule has 0 saturated carbocycles. The first-order chi connectivity index (χ1) is 12.5. The van der Waals surface area contributed by atoms with Gasteiger partial charge in [-0.3, -0.25) is 20.4 Å². The van der Waals surface area contributed by atoms with E-state index in [-0.39, 0.29) is 6.42 Å². The van der Waals surface area contributed by atoms with Crippen LogP contribution in [-0.2, 0) is 16.0 Å². The monoisotopic (exact) mass is 417 g/mol. The van der Waals surface area contributed by atoms with Crippen molar-refractivity contribution in [3.05, 3.63) is 58.7 Å². The van der Waals surface area contributed by atoms with Gasteiger partial charge in [-0.1, -0.05) is 39.3 Å². The van der Waals surface area contributed by atoms with Crippen LogP contribution in [0.15, 0.2) is 57.5 Å². The first kappa shape index (κ1) is 17.9. The molecule has 1 unspecified atom stereocenters. The molecule has 0 aliphatic heterocycles. The van der Waals surface area contributed by atoms with E-state index >= 15 is 0 Å². The minimum atomic E-state index is -0.780. The van der Waals surface area contributed by atoms with Crippen molar-refractivity contribution in [2.45, 2.75) is 19.4 Å². The number of amides is 2. The summed E-state index contributed by atoms with van der Waals surface area (Å²) in [4.78, 5) is 24.1. The van der Waals surface area contributed by atoms with Crippen LogP contribution in [0, 0.1) is 0 Å². The second-order valence-corrected chi connectivity index (χ2v) is 6.47. The zero-order valence-electron chi connectivity index (χ0n) is 13.9. The number of hydrogen-bond acceptors (Lipinski definition) is 5. The lowest BCUT2D eigenvalue weighted by atomic mass is 10.2. The number of nitrogens with one attached hydrogen (secondary N) is 2. The van der Waals surface area contributed by atoms with Crippen molar-refractivity contribution in [2.24, 2.45) is 0 Å². The van der Waals surface area contributed by atoms with Gasteiger partial charge in [0.2, 0.25) is 5.91 Å². The summed E-state index contributed by atoms with van der Waals surface area (Å²) in [5.41, 5.74) is 5.81. The summed E-state index contributed by atoms with van der Waals surface area (Å²) in [5, 5.41) is 4.65. The third-order valence-electron chi connectivity index (χ3n) is 3.58. The van der Waals surface area contributed by atoms with Crippen molar-refractivity contribution in [1.82, 2.24) is 16.0 Å². The summed E-state index contributed by atoms with van der Waals surface area (Å²) < 4.78 is 11.5. The Kier molecular flexibility index (Phi) is 5.52. The van der Waals surface area contributed by atoms with E-state index in [1.54, 1.807) is 31.2 Å². The summed E-state index contributed by atoms with van der Waals surface area (Å²) >= 11 is 3.33. The molecule has 0 aliphatic rings. The fourth-order valence-electron chi connectivity index (χ4n) is 2.29. The quantitative estimate of drug-likeness (QED) is 0.622. The highest BCUT2D eigenvalue weighted by Gasteiger charge is 2.17. The predicted molar refractivity (Wildman–Crippen MR) is 98.2 cm³/mol. The molecule has 3 aromatic rings. The van der Waals surface area contributed by atoms with Crippen LogP contribution in [0.1, 0.15) is 12.6 Å². The van der Waals surface area contributed by atoms with Crippen molar-refractivity contribution < 1.29 is 18.8 Å². The van der Waals surface area contributed by atoms with E-state index in [9.17, 15) is 9.59 Å². The summed E-state index contributed by atoms with van der Waals surface area (Å²) in [6.07, 6.45) is -0.796. The average Bonchev–Trinajstić information content (AvgIpc) is 3.02. The zero-order valence-corrected chi connectivity index (χ0v) is 15.4. The molecular weight excluding hydrogens is 402 g/mol. The number of fused-ring (bicyclic) bond motifs is 1. The highest BCUT2D eigenvalue weighted by molar-refractivity contribution is 9.10. The summed E-state index contributed by atoms with van der Waals surface area (Å²) in [6, 6.07) is 14.4. The summed E-state index contributed by atoms with van der Waals surface area (Å²) in [5.74, 6) is -0.335. The Bertz CT molecular complexity index is 941. The number of nitrogens with zero attached hydrogens (tertiary/aromatic N) is 1. The average molecular weight is 418 g/mol. The van der Waals surface area contributed by atoms with Crippen molar-refractivity contribution in [2.75, 3.05) is 0 Å². The molecule has 2 amide bonds. The highest BCUT2D eigenvalue weighted by atomic mass is 79.9. The molecular formula is C18H16BrN3O4. The predicted octanol–water partition coefficient (Wildman–Crippen LogP) is 2.75. The van der Waals surface area contributed by atoms with Crippen LogP contribution in [0.5, 0.6) is 5.75 Å². The number of carbonyl (C=O) groups excluding carboxylic acids is 2. The Balaban J connectivity index is 1.51. The lowest BCUT2D eigenvalue weighted by Crippen LogP contribution is -2.47. The molecule has 2 aromatic carbocycles. The van der Waals surface area contributed by atoms with Gasteiger partial charge in [-0.2, -0.15) is 0 Å². The normalized spacial score (nSPS) is 11.8. The van der Waals surface area contributed by atoms with Crippen LogP contribution in [0.2, 0.25) is 0 Å². The second-order valence-electron chi connectivity index (χ2n) is 5.56. The molecule has 134 valence electrons. The van der Waals surface area contributed by atoms with Crippen molar-refractivity contribution >= 4 is 38.7 Å². The first-order valence-corrected chi connectivity index (χ1v) is 8.66. The highest BCUT2D eigenvalue weighted by Crippen LogP contribution is 2.19. The van der Waals surface area contributed by atoms with Crippen LogP contribution >= 0.6 is 15.9 Å². The largest absolute Gasteiger partial charge is 0.481 e. The van der Waals surface area contributed by atoms with E-state index < -0.39 is 17.9 Å². The molecule has 0 bridgehead atoms. The Morgan fingerprint density at radius 3 is 2.81 bits per heavy atom.